The van der Waals surface area contributed by atoms with Crippen LogP contribution in [0.3, 0.4) is 0 Å². The predicted molar refractivity (Wildman–Crippen MR) is 65.6 cm³/mol. The Hall–Kier alpha value is -1.83. The van der Waals surface area contributed by atoms with Crippen molar-refractivity contribution in [2.45, 2.75) is 6.10 Å². The zero-order chi connectivity index (χ0) is 12.1. The fraction of sp³-hybridized carbons (Fsp3) is 0.308. The standard InChI is InChI=1S/C13H14N2O2/c1-2-10-4-3-5-11(8-10)15-13(16)12-9-14-6-7-17-12/h1,3-5,8,12,14H,6-7,9H2,(H,15,16). The average molecular weight is 230 g/mol. The summed E-state index contributed by atoms with van der Waals surface area (Å²) in [5, 5.41) is 5.89. The molecule has 1 aromatic carbocycles. The van der Waals surface area contributed by atoms with Crippen LogP contribution in [-0.4, -0.2) is 31.7 Å². The number of anilines is 1. The summed E-state index contributed by atoms with van der Waals surface area (Å²) in [7, 11) is 0. The van der Waals surface area contributed by atoms with E-state index in [1.54, 1.807) is 12.1 Å². The Balaban J connectivity index is 1.99. The molecule has 17 heavy (non-hydrogen) atoms. The maximum atomic E-state index is 11.8. The molecule has 4 heteroatoms. The van der Waals surface area contributed by atoms with Crippen molar-refractivity contribution < 1.29 is 9.53 Å². The molecule has 1 amide bonds. The fourth-order valence-corrected chi connectivity index (χ4v) is 1.64. The molecular weight excluding hydrogens is 216 g/mol. The average Bonchev–Trinajstić information content (AvgIpc) is 2.40. The van der Waals surface area contributed by atoms with E-state index in [1.165, 1.54) is 0 Å². The van der Waals surface area contributed by atoms with Crippen molar-refractivity contribution in [2.75, 3.05) is 25.0 Å². The summed E-state index contributed by atoms with van der Waals surface area (Å²) in [5.74, 6) is 2.38. The molecule has 1 heterocycles. The number of carbonyl (C=O) groups is 1. The predicted octanol–water partition coefficient (Wildman–Crippen LogP) is 0.595. The maximum absolute atomic E-state index is 11.8. The number of carbonyl (C=O) groups excluding carboxylic acids is 1. The van der Waals surface area contributed by atoms with E-state index < -0.39 is 6.10 Å². The first-order chi connectivity index (χ1) is 8.29. The van der Waals surface area contributed by atoms with Gasteiger partial charge in [-0.05, 0) is 18.2 Å². The van der Waals surface area contributed by atoms with Gasteiger partial charge in [0.05, 0.1) is 6.61 Å². The van der Waals surface area contributed by atoms with Gasteiger partial charge in [-0.15, -0.1) is 6.42 Å². The first-order valence-electron chi connectivity index (χ1n) is 5.49. The molecule has 0 radical (unpaired) electrons. The molecule has 2 rings (SSSR count). The van der Waals surface area contributed by atoms with E-state index in [9.17, 15) is 4.79 Å². The van der Waals surface area contributed by atoms with Crippen molar-refractivity contribution in [1.29, 1.82) is 0 Å². The summed E-state index contributed by atoms with van der Waals surface area (Å²) >= 11 is 0. The molecule has 4 nitrogen and oxygen atoms in total. The quantitative estimate of drug-likeness (QED) is 0.731. The highest BCUT2D eigenvalue weighted by Crippen LogP contribution is 2.11. The molecule has 1 atom stereocenters. The normalized spacial score (nSPS) is 19.4. The zero-order valence-electron chi connectivity index (χ0n) is 9.40. The third-order valence-corrected chi connectivity index (χ3v) is 2.52. The van der Waals surface area contributed by atoms with E-state index in [2.05, 4.69) is 16.6 Å². The maximum Gasteiger partial charge on any atom is 0.254 e. The molecule has 0 aliphatic carbocycles. The van der Waals surface area contributed by atoms with Crippen LogP contribution >= 0.6 is 0 Å². The van der Waals surface area contributed by atoms with Gasteiger partial charge < -0.3 is 15.4 Å². The van der Waals surface area contributed by atoms with Gasteiger partial charge in [-0.2, -0.15) is 0 Å². The van der Waals surface area contributed by atoms with Crippen LogP contribution in [0.5, 0.6) is 0 Å². The zero-order valence-corrected chi connectivity index (χ0v) is 9.40. The third-order valence-electron chi connectivity index (χ3n) is 2.52. The summed E-state index contributed by atoms with van der Waals surface area (Å²) in [6, 6.07) is 7.18. The fourth-order valence-electron chi connectivity index (χ4n) is 1.64. The Morgan fingerprint density at radius 1 is 1.59 bits per heavy atom. The van der Waals surface area contributed by atoms with E-state index in [-0.39, 0.29) is 5.91 Å². The molecule has 0 saturated carbocycles. The monoisotopic (exact) mass is 230 g/mol. The lowest BCUT2D eigenvalue weighted by Gasteiger charge is -2.22. The van der Waals surface area contributed by atoms with Gasteiger partial charge in [-0.25, -0.2) is 0 Å². The van der Waals surface area contributed by atoms with Crippen molar-refractivity contribution in [1.82, 2.24) is 5.32 Å². The molecule has 0 spiro atoms. The van der Waals surface area contributed by atoms with Gasteiger partial charge in [0.25, 0.3) is 5.91 Å². The molecule has 88 valence electrons. The van der Waals surface area contributed by atoms with Gasteiger partial charge in [-0.3, -0.25) is 4.79 Å². The van der Waals surface area contributed by atoms with Crippen LogP contribution in [0.25, 0.3) is 0 Å². The summed E-state index contributed by atoms with van der Waals surface area (Å²) in [6.07, 6.45) is 4.86. The van der Waals surface area contributed by atoms with Gasteiger partial charge in [0, 0.05) is 24.3 Å². The van der Waals surface area contributed by atoms with E-state index in [1.807, 2.05) is 12.1 Å². The minimum absolute atomic E-state index is 0.147. The number of nitrogens with one attached hydrogen (secondary N) is 2. The highest BCUT2D eigenvalue weighted by molar-refractivity contribution is 5.94. The molecule has 0 aromatic heterocycles. The Labute approximate surface area is 100 Å². The Morgan fingerprint density at radius 2 is 2.47 bits per heavy atom. The van der Waals surface area contributed by atoms with Crippen LogP contribution in [-0.2, 0) is 9.53 Å². The molecule has 1 saturated heterocycles. The van der Waals surface area contributed by atoms with E-state index in [0.29, 0.717) is 18.8 Å². The molecule has 2 N–H and O–H groups in total. The highest BCUT2D eigenvalue weighted by atomic mass is 16.5. The third kappa shape index (κ3) is 3.06. The second-order valence-electron chi connectivity index (χ2n) is 3.78. The summed E-state index contributed by atoms with van der Waals surface area (Å²) in [5.41, 5.74) is 1.44. The number of rotatable bonds is 2. The SMILES string of the molecule is C#Cc1cccc(NC(=O)C2CNCCO2)c1. The first-order valence-corrected chi connectivity index (χ1v) is 5.49. The molecule has 1 aliphatic heterocycles. The molecular formula is C13H14N2O2. The molecule has 1 unspecified atom stereocenters. The number of amides is 1. The van der Waals surface area contributed by atoms with Gasteiger partial charge in [-0.1, -0.05) is 12.0 Å². The van der Waals surface area contributed by atoms with E-state index >= 15 is 0 Å². The number of hydrogen-bond donors (Lipinski definition) is 2. The van der Waals surface area contributed by atoms with Gasteiger partial charge in [0.1, 0.15) is 6.10 Å². The van der Waals surface area contributed by atoms with Crippen LogP contribution in [0.2, 0.25) is 0 Å². The minimum Gasteiger partial charge on any atom is -0.366 e. The number of ether oxygens (including phenoxy) is 1. The number of hydrogen-bond acceptors (Lipinski definition) is 3. The summed E-state index contributed by atoms with van der Waals surface area (Å²) in [6.45, 7) is 1.89. The lowest BCUT2D eigenvalue weighted by Crippen LogP contribution is -2.45. The van der Waals surface area contributed by atoms with Gasteiger partial charge in [0.15, 0.2) is 0 Å². The molecule has 1 fully saturated rings. The molecule has 0 bridgehead atoms. The number of benzene rings is 1. The minimum atomic E-state index is -0.432. The molecule has 1 aromatic rings. The summed E-state index contributed by atoms with van der Waals surface area (Å²) in [4.78, 5) is 11.8. The van der Waals surface area contributed by atoms with Crippen molar-refractivity contribution in [3.63, 3.8) is 0 Å². The second kappa shape index (κ2) is 5.48. The Kier molecular flexibility index (Phi) is 3.76. The summed E-state index contributed by atoms with van der Waals surface area (Å²) < 4.78 is 5.35. The number of terminal acetylenes is 1. The first kappa shape index (κ1) is 11.6. The van der Waals surface area contributed by atoms with Crippen LogP contribution in [0.15, 0.2) is 24.3 Å². The van der Waals surface area contributed by atoms with E-state index in [4.69, 9.17) is 11.2 Å². The topological polar surface area (TPSA) is 50.4 Å². The largest absolute Gasteiger partial charge is 0.366 e. The van der Waals surface area contributed by atoms with Gasteiger partial charge >= 0.3 is 0 Å². The smallest absolute Gasteiger partial charge is 0.254 e. The van der Waals surface area contributed by atoms with Crippen LogP contribution < -0.4 is 10.6 Å². The molecule has 1 aliphatic rings. The van der Waals surface area contributed by atoms with Crippen LogP contribution in [0.4, 0.5) is 5.69 Å². The lowest BCUT2D eigenvalue weighted by atomic mass is 10.2. The van der Waals surface area contributed by atoms with Crippen molar-refractivity contribution >= 4 is 11.6 Å². The van der Waals surface area contributed by atoms with Gasteiger partial charge in [0.2, 0.25) is 0 Å². The lowest BCUT2D eigenvalue weighted by molar-refractivity contribution is -0.128. The Bertz CT molecular complexity index is 445. The van der Waals surface area contributed by atoms with E-state index in [0.717, 1.165) is 12.1 Å². The van der Waals surface area contributed by atoms with Crippen molar-refractivity contribution in [3.05, 3.63) is 29.8 Å². The van der Waals surface area contributed by atoms with Crippen molar-refractivity contribution in [3.8, 4) is 12.3 Å². The number of morpholine rings is 1. The second-order valence-corrected chi connectivity index (χ2v) is 3.78. The Morgan fingerprint density at radius 3 is 3.18 bits per heavy atom. The van der Waals surface area contributed by atoms with Crippen molar-refractivity contribution in [2.24, 2.45) is 0 Å². The van der Waals surface area contributed by atoms with Crippen LogP contribution in [0.1, 0.15) is 5.56 Å². The van der Waals surface area contributed by atoms with Crippen LogP contribution in [0, 0.1) is 12.3 Å². The highest BCUT2D eigenvalue weighted by Gasteiger charge is 2.21.